The van der Waals surface area contributed by atoms with Crippen molar-refractivity contribution >= 4 is 22.7 Å². The van der Waals surface area contributed by atoms with Crippen LogP contribution in [0, 0.1) is 0 Å². The lowest BCUT2D eigenvalue weighted by Gasteiger charge is -2.17. The van der Waals surface area contributed by atoms with Crippen LogP contribution in [0.25, 0.3) is 10.6 Å². The Bertz CT molecular complexity index is 710. The van der Waals surface area contributed by atoms with E-state index in [0.717, 1.165) is 17.1 Å². The Morgan fingerprint density at radius 1 is 1.22 bits per heavy atom. The molecular weight excluding hydrogens is 324 g/mol. The van der Waals surface area contributed by atoms with Gasteiger partial charge in [0.1, 0.15) is 5.01 Å². The maximum atomic E-state index is 10.3. The standard InChI is InChI=1S/C18H20N2OS2/c1-13(9-17(21)14-5-3-2-4-6-14)19-10-16-11-20-18(23-16)15-7-8-22-12-15/h2-8,11-13,17,19,21H,9-10H2,1H3. The number of aromatic nitrogens is 1. The van der Waals surface area contributed by atoms with Gasteiger partial charge in [0.15, 0.2) is 0 Å². The number of nitrogens with zero attached hydrogens (tertiary/aromatic N) is 1. The fraction of sp³-hybridized carbons (Fsp3) is 0.278. The predicted molar refractivity (Wildman–Crippen MR) is 97.7 cm³/mol. The molecule has 2 unspecified atom stereocenters. The van der Waals surface area contributed by atoms with E-state index in [1.165, 1.54) is 10.4 Å². The molecule has 0 bridgehead atoms. The molecule has 2 heterocycles. The summed E-state index contributed by atoms with van der Waals surface area (Å²) >= 11 is 3.41. The van der Waals surface area contributed by atoms with Crippen LogP contribution in [-0.4, -0.2) is 16.1 Å². The maximum Gasteiger partial charge on any atom is 0.124 e. The largest absolute Gasteiger partial charge is 0.388 e. The third-order valence-electron chi connectivity index (χ3n) is 3.71. The van der Waals surface area contributed by atoms with Crippen molar-refractivity contribution in [1.82, 2.24) is 10.3 Å². The zero-order valence-electron chi connectivity index (χ0n) is 13.0. The molecule has 0 saturated carbocycles. The third kappa shape index (κ3) is 4.48. The van der Waals surface area contributed by atoms with E-state index in [9.17, 15) is 5.11 Å². The number of thiophene rings is 1. The topological polar surface area (TPSA) is 45.1 Å². The molecule has 3 aromatic rings. The van der Waals surface area contributed by atoms with Gasteiger partial charge in [-0.2, -0.15) is 11.3 Å². The molecule has 2 N–H and O–H groups in total. The van der Waals surface area contributed by atoms with Gasteiger partial charge >= 0.3 is 0 Å². The minimum absolute atomic E-state index is 0.233. The molecule has 0 aliphatic rings. The fourth-order valence-corrected chi connectivity index (χ4v) is 3.99. The zero-order chi connectivity index (χ0) is 16.1. The number of hydrogen-bond donors (Lipinski definition) is 2. The van der Waals surface area contributed by atoms with Gasteiger partial charge in [0.2, 0.25) is 0 Å². The summed E-state index contributed by atoms with van der Waals surface area (Å²) in [5.41, 5.74) is 2.16. The first-order valence-electron chi connectivity index (χ1n) is 7.66. The summed E-state index contributed by atoms with van der Waals surface area (Å²) in [4.78, 5) is 5.70. The summed E-state index contributed by atoms with van der Waals surface area (Å²) in [6.07, 6.45) is 2.20. The quantitative estimate of drug-likeness (QED) is 0.664. The first-order valence-corrected chi connectivity index (χ1v) is 9.42. The molecule has 0 aliphatic carbocycles. The lowest BCUT2D eigenvalue weighted by molar-refractivity contribution is 0.154. The Balaban J connectivity index is 1.50. The fourth-order valence-electron chi connectivity index (χ4n) is 2.41. The van der Waals surface area contributed by atoms with E-state index < -0.39 is 6.10 Å². The van der Waals surface area contributed by atoms with Crippen LogP contribution >= 0.6 is 22.7 Å². The molecule has 1 aromatic carbocycles. The van der Waals surface area contributed by atoms with Crippen LogP contribution < -0.4 is 5.32 Å². The molecule has 0 spiro atoms. The molecule has 120 valence electrons. The van der Waals surface area contributed by atoms with Gasteiger partial charge in [0, 0.05) is 34.6 Å². The molecule has 2 atom stereocenters. The second-order valence-corrected chi connectivity index (χ2v) is 7.48. The van der Waals surface area contributed by atoms with Gasteiger partial charge in [0.25, 0.3) is 0 Å². The summed E-state index contributed by atoms with van der Waals surface area (Å²) < 4.78 is 0. The van der Waals surface area contributed by atoms with Gasteiger partial charge in [-0.3, -0.25) is 0 Å². The summed E-state index contributed by atoms with van der Waals surface area (Å²) in [7, 11) is 0. The van der Waals surface area contributed by atoms with Crippen LogP contribution in [0.5, 0.6) is 0 Å². The second kappa shape index (κ2) is 7.84. The Labute approximate surface area is 144 Å². The van der Waals surface area contributed by atoms with E-state index in [1.54, 1.807) is 22.7 Å². The van der Waals surface area contributed by atoms with Gasteiger partial charge in [-0.1, -0.05) is 30.3 Å². The third-order valence-corrected chi connectivity index (χ3v) is 5.44. The summed E-state index contributed by atoms with van der Waals surface area (Å²) in [6, 6.07) is 12.1. The number of aliphatic hydroxyl groups is 1. The van der Waals surface area contributed by atoms with Crippen LogP contribution in [0.3, 0.4) is 0 Å². The number of thiazole rings is 1. The van der Waals surface area contributed by atoms with Crippen molar-refractivity contribution in [1.29, 1.82) is 0 Å². The highest BCUT2D eigenvalue weighted by atomic mass is 32.1. The number of benzene rings is 1. The normalized spacial score (nSPS) is 13.8. The number of nitrogens with one attached hydrogen (secondary N) is 1. The van der Waals surface area contributed by atoms with Crippen molar-refractivity contribution in [2.75, 3.05) is 0 Å². The van der Waals surface area contributed by atoms with Crippen molar-refractivity contribution < 1.29 is 5.11 Å². The van der Waals surface area contributed by atoms with E-state index in [0.29, 0.717) is 6.42 Å². The van der Waals surface area contributed by atoms with E-state index in [1.807, 2.05) is 36.5 Å². The predicted octanol–water partition coefficient (Wildman–Crippen LogP) is 4.47. The number of hydrogen-bond acceptors (Lipinski definition) is 5. The number of rotatable bonds is 7. The zero-order valence-corrected chi connectivity index (χ0v) is 14.6. The van der Waals surface area contributed by atoms with Crippen molar-refractivity contribution in [3.63, 3.8) is 0 Å². The highest BCUT2D eigenvalue weighted by molar-refractivity contribution is 7.15. The minimum Gasteiger partial charge on any atom is -0.388 e. The summed E-state index contributed by atoms with van der Waals surface area (Å²) in [5, 5.41) is 19.0. The second-order valence-electron chi connectivity index (χ2n) is 5.59. The molecule has 0 fully saturated rings. The highest BCUT2D eigenvalue weighted by Crippen LogP contribution is 2.27. The first-order chi connectivity index (χ1) is 11.2. The van der Waals surface area contributed by atoms with E-state index in [4.69, 9.17) is 0 Å². The molecule has 23 heavy (non-hydrogen) atoms. The van der Waals surface area contributed by atoms with Gasteiger partial charge in [0.05, 0.1) is 6.10 Å². The van der Waals surface area contributed by atoms with Gasteiger partial charge in [-0.05, 0) is 30.4 Å². The Kier molecular flexibility index (Phi) is 5.56. The Morgan fingerprint density at radius 2 is 2.04 bits per heavy atom. The Hall–Kier alpha value is -1.53. The molecule has 3 rings (SSSR count). The van der Waals surface area contributed by atoms with Crippen LogP contribution in [0.4, 0.5) is 0 Å². The molecule has 0 saturated heterocycles. The lowest BCUT2D eigenvalue weighted by atomic mass is 10.0. The van der Waals surface area contributed by atoms with E-state index in [2.05, 4.69) is 34.1 Å². The van der Waals surface area contributed by atoms with Gasteiger partial charge < -0.3 is 10.4 Å². The average molecular weight is 345 g/mol. The Morgan fingerprint density at radius 3 is 2.78 bits per heavy atom. The highest BCUT2D eigenvalue weighted by Gasteiger charge is 2.12. The van der Waals surface area contributed by atoms with Gasteiger partial charge in [-0.15, -0.1) is 11.3 Å². The van der Waals surface area contributed by atoms with Gasteiger partial charge in [-0.25, -0.2) is 4.98 Å². The maximum absolute atomic E-state index is 10.3. The summed E-state index contributed by atoms with van der Waals surface area (Å²) in [5.74, 6) is 0. The molecular formula is C18H20N2OS2. The number of aliphatic hydroxyl groups excluding tert-OH is 1. The molecule has 0 aliphatic heterocycles. The van der Waals surface area contributed by atoms with Crippen LogP contribution in [-0.2, 0) is 6.54 Å². The van der Waals surface area contributed by atoms with E-state index >= 15 is 0 Å². The van der Waals surface area contributed by atoms with Crippen LogP contribution in [0.2, 0.25) is 0 Å². The minimum atomic E-state index is -0.429. The monoisotopic (exact) mass is 344 g/mol. The lowest BCUT2D eigenvalue weighted by Crippen LogP contribution is -2.27. The van der Waals surface area contributed by atoms with Crippen molar-refractivity contribution in [2.45, 2.75) is 32.0 Å². The van der Waals surface area contributed by atoms with Crippen molar-refractivity contribution in [3.8, 4) is 10.6 Å². The van der Waals surface area contributed by atoms with Crippen LogP contribution in [0.15, 0.2) is 53.4 Å². The molecule has 0 radical (unpaired) electrons. The smallest absolute Gasteiger partial charge is 0.124 e. The van der Waals surface area contributed by atoms with Crippen molar-refractivity contribution in [3.05, 3.63) is 63.8 Å². The SMILES string of the molecule is CC(CC(O)c1ccccc1)NCc1cnc(-c2ccsc2)s1. The summed E-state index contributed by atoms with van der Waals surface area (Å²) in [6.45, 7) is 2.89. The molecule has 2 aromatic heterocycles. The molecule has 5 heteroatoms. The van der Waals surface area contributed by atoms with E-state index in [-0.39, 0.29) is 6.04 Å². The van der Waals surface area contributed by atoms with Crippen molar-refractivity contribution in [2.24, 2.45) is 0 Å². The molecule has 3 nitrogen and oxygen atoms in total. The molecule has 0 amide bonds. The van der Waals surface area contributed by atoms with Crippen LogP contribution in [0.1, 0.15) is 29.9 Å². The average Bonchev–Trinajstić information content (AvgIpc) is 3.25. The first kappa shape index (κ1) is 16.3.